The standard InChI is InChI=1S/C14H21NO5/c1-12(2)17-9-8-16-14(6-5-7-15)11(10(9)18-12)19-13(3,4)20-14/h9-11H,5-6,8H2,1-4H3/t9-,10-,11+,14+/m1/s1. The van der Waals surface area contributed by atoms with Crippen molar-refractivity contribution in [2.45, 2.75) is 76.2 Å². The summed E-state index contributed by atoms with van der Waals surface area (Å²) < 4.78 is 29.7. The van der Waals surface area contributed by atoms with Gasteiger partial charge in [0.1, 0.15) is 18.3 Å². The number of nitrogens with zero attached hydrogens (tertiary/aromatic N) is 1. The molecule has 0 aromatic carbocycles. The number of nitriles is 1. The molecule has 3 fully saturated rings. The topological polar surface area (TPSA) is 69.9 Å². The first-order chi connectivity index (χ1) is 9.27. The lowest BCUT2D eigenvalue weighted by atomic mass is 9.93. The monoisotopic (exact) mass is 283 g/mol. The second-order valence-corrected chi connectivity index (χ2v) is 6.46. The van der Waals surface area contributed by atoms with Crippen molar-refractivity contribution in [3.05, 3.63) is 0 Å². The average Bonchev–Trinajstić information content (AvgIpc) is 2.78. The molecule has 3 heterocycles. The fourth-order valence-electron chi connectivity index (χ4n) is 3.29. The van der Waals surface area contributed by atoms with E-state index in [9.17, 15) is 0 Å². The van der Waals surface area contributed by atoms with Crippen molar-refractivity contribution in [3.63, 3.8) is 0 Å². The summed E-state index contributed by atoms with van der Waals surface area (Å²) in [6, 6.07) is 2.14. The molecule has 3 aliphatic rings. The van der Waals surface area contributed by atoms with Gasteiger partial charge in [-0.2, -0.15) is 5.26 Å². The van der Waals surface area contributed by atoms with Gasteiger partial charge in [-0.15, -0.1) is 0 Å². The van der Waals surface area contributed by atoms with Gasteiger partial charge in [0.2, 0.25) is 5.79 Å². The Labute approximate surface area is 118 Å². The fourth-order valence-corrected chi connectivity index (χ4v) is 3.29. The maximum atomic E-state index is 8.86. The molecule has 0 amide bonds. The van der Waals surface area contributed by atoms with E-state index in [0.29, 0.717) is 19.4 Å². The van der Waals surface area contributed by atoms with Crippen LogP contribution in [0.5, 0.6) is 0 Å². The highest BCUT2D eigenvalue weighted by molar-refractivity contribution is 5.03. The van der Waals surface area contributed by atoms with Crippen LogP contribution in [-0.2, 0) is 23.7 Å². The van der Waals surface area contributed by atoms with Crippen LogP contribution in [0, 0.1) is 11.3 Å². The molecular weight excluding hydrogens is 262 g/mol. The number of rotatable bonds is 2. The predicted molar refractivity (Wildman–Crippen MR) is 67.4 cm³/mol. The first-order valence-electron chi connectivity index (χ1n) is 7.01. The van der Waals surface area contributed by atoms with Crippen LogP contribution in [0.1, 0.15) is 40.5 Å². The van der Waals surface area contributed by atoms with Gasteiger partial charge in [0.15, 0.2) is 11.6 Å². The maximum absolute atomic E-state index is 8.86. The van der Waals surface area contributed by atoms with Crippen LogP contribution in [-0.4, -0.2) is 42.3 Å². The van der Waals surface area contributed by atoms with E-state index in [-0.39, 0.29) is 18.3 Å². The van der Waals surface area contributed by atoms with E-state index in [4.69, 9.17) is 28.9 Å². The molecule has 6 nitrogen and oxygen atoms in total. The lowest BCUT2D eigenvalue weighted by molar-refractivity contribution is -0.283. The summed E-state index contributed by atoms with van der Waals surface area (Å²) in [5, 5.41) is 8.86. The van der Waals surface area contributed by atoms with E-state index in [0.717, 1.165) is 0 Å². The number of fused-ring (bicyclic) bond motifs is 3. The lowest BCUT2D eigenvalue weighted by Gasteiger charge is -2.40. The minimum atomic E-state index is -0.913. The normalized spacial score (nSPS) is 44.6. The Kier molecular flexibility index (Phi) is 3.13. The fraction of sp³-hybridized carbons (Fsp3) is 0.929. The van der Waals surface area contributed by atoms with Gasteiger partial charge >= 0.3 is 0 Å². The molecule has 0 aromatic rings. The molecule has 20 heavy (non-hydrogen) atoms. The van der Waals surface area contributed by atoms with Gasteiger partial charge in [-0.3, -0.25) is 0 Å². The number of hydrogen-bond acceptors (Lipinski definition) is 6. The zero-order chi connectivity index (χ0) is 14.6. The van der Waals surface area contributed by atoms with Gasteiger partial charge in [-0.25, -0.2) is 0 Å². The van der Waals surface area contributed by atoms with E-state index >= 15 is 0 Å². The number of hydrogen-bond donors (Lipinski definition) is 0. The summed E-state index contributed by atoms with van der Waals surface area (Å²) >= 11 is 0. The maximum Gasteiger partial charge on any atom is 0.201 e. The molecule has 4 atom stereocenters. The van der Waals surface area contributed by atoms with Crippen molar-refractivity contribution < 1.29 is 23.7 Å². The Morgan fingerprint density at radius 3 is 2.55 bits per heavy atom. The van der Waals surface area contributed by atoms with Crippen LogP contribution < -0.4 is 0 Å². The quantitative estimate of drug-likeness (QED) is 0.768. The summed E-state index contributed by atoms with van der Waals surface area (Å²) in [5.74, 6) is -2.32. The van der Waals surface area contributed by atoms with E-state index in [1.165, 1.54) is 0 Å². The SMILES string of the molecule is CC1(C)O[C@@H]2[C@@H](CO[C@@]3(CCC#N)OC(C)(C)O[C@@H]23)O1. The van der Waals surface area contributed by atoms with Gasteiger partial charge in [0.05, 0.1) is 12.7 Å². The van der Waals surface area contributed by atoms with Crippen LogP contribution >= 0.6 is 0 Å². The Balaban J connectivity index is 1.88. The Hall–Kier alpha value is -0.710. The van der Waals surface area contributed by atoms with E-state index < -0.39 is 17.4 Å². The molecular formula is C14H21NO5. The second-order valence-electron chi connectivity index (χ2n) is 6.46. The third kappa shape index (κ3) is 2.24. The van der Waals surface area contributed by atoms with Crippen LogP contribution in [0.3, 0.4) is 0 Å². The summed E-state index contributed by atoms with van der Waals surface area (Å²) in [6.45, 7) is 7.83. The zero-order valence-corrected chi connectivity index (χ0v) is 12.3. The minimum Gasteiger partial charge on any atom is -0.344 e. The second kappa shape index (κ2) is 4.39. The van der Waals surface area contributed by atoms with Gasteiger partial charge < -0.3 is 23.7 Å². The largest absolute Gasteiger partial charge is 0.344 e. The van der Waals surface area contributed by atoms with Gasteiger partial charge in [-0.05, 0) is 27.7 Å². The molecule has 0 saturated carbocycles. The van der Waals surface area contributed by atoms with Gasteiger partial charge in [-0.1, -0.05) is 0 Å². The van der Waals surface area contributed by atoms with Crippen LogP contribution in [0.25, 0.3) is 0 Å². The summed E-state index contributed by atoms with van der Waals surface area (Å²) in [6.07, 6.45) is 0.0237. The van der Waals surface area contributed by atoms with Crippen molar-refractivity contribution in [2.75, 3.05) is 6.61 Å². The van der Waals surface area contributed by atoms with Crippen molar-refractivity contribution >= 4 is 0 Å². The van der Waals surface area contributed by atoms with Crippen molar-refractivity contribution in [1.82, 2.24) is 0 Å². The summed E-state index contributed by atoms with van der Waals surface area (Å²) in [4.78, 5) is 0. The Bertz CT molecular complexity index is 443. The van der Waals surface area contributed by atoms with E-state index in [1.807, 2.05) is 27.7 Å². The zero-order valence-electron chi connectivity index (χ0n) is 12.3. The molecule has 3 rings (SSSR count). The summed E-state index contributed by atoms with van der Waals surface area (Å²) in [5.41, 5.74) is 0. The Morgan fingerprint density at radius 2 is 1.85 bits per heavy atom. The first-order valence-corrected chi connectivity index (χ1v) is 7.01. The molecule has 3 aliphatic heterocycles. The number of ether oxygens (including phenoxy) is 5. The van der Waals surface area contributed by atoms with Crippen LogP contribution in [0.2, 0.25) is 0 Å². The molecule has 0 bridgehead atoms. The molecule has 0 N–H and O–H groups in total. The molecule has 112 valence electrons. The predicted octanol–water partition coefficient (Wildman–Crippen LogP) is 1.69. The highest BCUT2D eigenvalue weighted by atomic mass is 16.9. The molecule has 0 aliphatic carbocycles. The molecule has 6 heteroatoms. The molecule has 0 unspecified atom stereocenters. The smallest absolute Gasteiger partial charge is 0.201 e. The minimum absolute atomic E-state index is 0.164. The van der Waals surface area contributed by atoms with Crippen molar-refractivity contribution in [2.24, 2.45) is 0 Å². The lowest BCUT2D eigenvalue weighted by Crippen LogP contribution is -2.58. The third-order valence-electron chi connectivity index (χ3n) is 3.86. The van der Waals surface area contributed by atoms with Gasteiger partial charge in [0, 0.05) is 12.8 Å². The van der Waals surface area contributed by atoms with Crippen LogP contribution in [0.15, 0.2) is 0 Å². The highest BCUT2D eigenvalue weighted by Crippen LogP contribution is 2.49. The third-order valence-corrected chi connectivity index (χ3v) is 3.86. The summed E-state index contributed by atoms with van der Waals surface area (Å²) in [7, 11) is 0. The molecule has 0 aromatic heterocycles. The molecule has 0 radical (unpaired) electrons. The van der Waals surface area contributed by atoms with E-state index in [1.54, 1.807) is 0 Å². The first kappa shape index (κ1) is 14.2. The highest BCUT2D eigenvalue weighted by Gasteiger charge is 2.64. The van der Waals surface area contributed by atoms with E-state index in [2.05, 4.69) is 6.07 Å². The van der Waals surface area contributed by atoms with Crippen molar-refractivity contribution in [1.29, 1.82) is 5.26 Å². The molecule has 3 saturated heterocycles. The molecule has 0 spiro atoms. The Morgan fingerprint density at radius 1 is 1.10 bits per heavy atom. The van der Waals surface area contributed by atoms with Crippen molar-refractivity contribution in [3.8, 4) is 6.07 Å². The van der Waals surface area contributed by atoms with Gasteiger partial charge in [0.25, 0.3) is 0 Å². The average molecular weight is 283 g/mol. The van der Waals surface area contributed by atoms with Crippen LogP contribution in [0.4, 0.5) is 0 Å².